The molecular weight excluding hydrogens is 296 g/mol. The molecule has 0 bridgehead atoms. The second kappa shape index (κ2) is 5.71. The van der Waals surface area contributed by atoms with Crippen LogP contribution in [0.3, 0.4) is 0 Å². The van der Waals surface area contributed by atoms with Crippen LogP contribution in [0, 0.1) is 35.0 Å². The fourth-order valence-corrected chi connectivity index (χ4v) is 7.25. The predicted molar refractivity (Wildman–Crippen MR) is 97.4 cm³/mol. The molecule has 2 N–H and O–H groups in total. The molecule has 0 saturated heterocycles. The Morgan fingerprint density at radius 1 is 1.17 bits per heavy atom. The van der Waals surface area contributed by atoms with E-state index < -0.39 is 5.60 Å². The van der Waals surface area contributed by atoms with Gasteiger partial charge in [0.2, 0.25) is 0 Å². The Kier molecular flexibility index (Phi) is 4.01. The van der Waals surface area contributed by atoms with Crippen molar-refractivity contribution in [2.75, 3.05) is 6.61 Å². The summed E-state index contributed by atoms with van der Waals surface area (Å²) in [6.45, 7) is 8.84. The lowest BCUT2D eigenvalue weighted by atomic mass is 9.51. The summed E-state index contributed by atoms with van der Waals surface area (Å²) in [4.78, 5) is 0. The summed E-state index contributed by atoms with van der Waals surface area (Å²) in [5, 5.41) is 20.1. The molecule has 0 spiro atoms. The first-order valence-electron chi connectivity index (χ1n) is 10.1. The van der Waals surface area contributed by atoms with Crippen LogP contribution in [0.2, 0.25) is 0 Å². The molecule has 0 aromatic carbocycles. The topological polar surface area (TPSA) is 40.5 Å². The Morgan fingerprint density at radius 3 is 2.71 bits per heavy atom. The van der Waals surface area contributed by atoms with E-state index in [4.69, 9.17) is 0 Å². The van der Waals surface area contributed by atoms with E-state index in [9.17, 15) is 10.2 Å². The lowest BCUT2D eigenvalue weighted by Gasteiger charge is -2.54. The first-order chi connectivity index (χ1) is 11.4. The van der Waals surface area contributed by atoms with Gasteiger partial charge in [-0.05, 0) is 98.9 Å². The van der Waals surface area contributed by atoms with Gasteiger partial charge in [0.15, 0.2) is 0 Å². The van der Waals surface area contributed by atoms with Crippen LogP contribution in [0.1, 0.15) is 65.2 Å². The molecule has 0 unspecified atom stereocenters. The Hall–Kier alpha value is -0.600. The zero-order valence-electron chi connectivity index (χ0n) is 15.4. The van der Waals surface area contributed by atoms with E-state index in [1.807, 2.05) is 6.92 Å². The van der Waals surface area contributed by atoms with Gasteiger partial charge < -0.3 is 10.2 Å². The summed E-state index contributed by atoms with van der Waals surface area (Å²) in [5.74, 6) is 3.70. The van der Waals surface area contributed by atoms with E-state index in [0.29, 0.717) is 11.3 Å². The highest BCUT2D eigenvalue weighted by Gasteiger charge is 2.56. The summed E-state index contributed by atoms with van der Waals surface area (Å²) in [5.41, 5.74) is 2.51. The third-order valence-electron chi connectivity index (χ3n) is 8.41. The highest BCUT2D eigenvalue weighted by atomic mass is 16.3. The molecule has 4 aliphatic carbocycles. The molecule has 4 rings (SSSR count). The predicted octanol–water partition coefficient (Wildman–Crippen LogP) is 4.47. The van der Waals surface area contributed by atoms with Crippen LogP contribution in [0.15, 0.2) is 23.8 Å². The summed E-state index contributed by atoms with van der Waals surface area (Å²) in [6.07, 6.45) is 11.9. The van der Waals surface area contributed by atoms with Crippen molar-refractivity contribution in [2.45, 2.75) is 70.8 Å². The third kappa shape index (κ3) is 2.44. The fourth-order valence-electron chi connectivity index (χ4n) is 7.25. The maximum Gasteiger partial charge on any atom is 0.0657 e. The number of aliphatic hydroxyl groups excluding tert-OH is 1. The normalized spacial score (nSPS) is 50.5. The molecule has 0 aromatic heterocycles. The second-order valence-corrected chi connectivity index (χ2v) is 9.76. The number of aliphatic hydroxyl groups is 2. The van der Waals surface area contributed by atoms with Crippen LogP contribution < -0.4 is 0 Å². The van der Waals surface area contributed by atoms with Gasteiger partial charge in [0.05, 0.1) is 12.2 Å². The van der Waals surface area contributed by atoms with E-state index in [0.717, 1.165) is 42.1 Å². The van der Waals surface area contributed by atoms with Crippen LogP contribution in [0.5, 0.6) is 0 Å². The van der Waals surface area contributed by atoms with Crippen LogP contribution in [0.4, 0.5) is 0 Å². The van der Waals surface area contributed by atoms with Gasteiger partial charge in [0.1, 0.15) is 0 Å². The van der Waals surface area contributed by atoms with Gasteiger partial charge in [0, 0.05) is 0 Å². The fraction of sp³-hybridized carbons (Fsp3) is 0.818. The average molecular weight is 331 g/mol. The highest BCUT2D eigenvalue weighted by Crippen LogP contribution is 2.64. The minimum atomic E-state index is -0.477. The number of hydrogen-bond donors (Lipinski definition) is 2. The number of rotatable bonds is 2. The summed E-state index contributed by atoms with van der Waals surface area (Å²) >= 11 is 0. The minimum Gasteiger partial charge on any atom is -0.392 e. The molecule has 0 heterocycles. The van der Waals surface area contributed by atoms with Gasteiger partial charge in [-0.1, -0.05) is 25.2 Å². The first-order valence-corrected chi connectivity index (χ1v) is 10.1. The van der Waals surface area contributed by atoms with Crippen molar-refractivity contribution in [1.82, 2.24) is 0 Å². The molecule has 0 aliphatic heterocycles. The Balaban J connectivity index is 1.59. The smallest absolute Gasteiger partial charge is 0.0657 e. The minimum absolute atomic E-state index is 0.156. The van der Waals surface area contributed by atoms with E-state index in [-0.39, 0.29) is 6.61 Å². The summed E-state index contributed by atoms with van der Waals surface area (Å²) < 4.78 is 0. The van der Waals surface area contributed by atoms with Gasteiger partial charge in [-0.15, -0.1) is 0 Å². The van der Waals surface area contributed by atoms with Crippen molar-refractivity contribution in [1.29, 1.82) is 0 Å². The molecule has 2 nitrogen and oxygen atoms in total. The third-order valence-corrected chi connectivity index (χ3v) is 8.41. The Morgan fingerprint density at radius 2 is 1.96 bits per heavy atom. The van der Waals surface area contributed by atoms with Crippen LogP contribution in [0.25, 0.3) is 0 Å². The Labute approximate surface area is 147 Å². The SMILES string of the molecule is C=C(CO)[C@H]1CC[C@H]2[C@@H]3CC=C4C[C@@](C)(O)CC[C@@H]4[C@H]3CC[C@]12C. The van der Waals surface area contributed by atoms with Gasteiger partial charge in [-0.2, -0.15) is 0 Å². The largest absolute Gasteiger partial charge is 0.392 e. The maximum absolute atomic E-state index is 10.4. The van der Waals surface area contributed by atoms with Gasteiger partial charge in [-0.3, -0.25) is 0 Å². The molecule has 2 heteroatoms. The van der Waals surface area contributed by atoms with Crippen molar-refractivity contribution in [3.05, 3.63) is 23.8 Å². The van der Waals surface area contributed by atoms with E-state index in [2.05, 4.69) is 19.6 Å². The van der Waals surface area contributed by atoms with Crippen LogP contribution in [-0.2, 0) is 0 Å². The molecule has 4 aliphatic rings. The van der Waals surface area contributed by atoms with E-state index in [1.54, 1.807) is 5.57 Å². The van der Waals surface area contributed by atoms with Crippen LogP contribution in [-0.4, -0.2) is 22.4 Å². The van der Waals surface area contributed by atoms with Gasteiger partial charge in [-0.25, -0.2) is 0 Å². The number of fused-ring (bicyclic) bond motifs is 5. The zero-order valence-corrected chi connectivity index (χ0v) is 15.4. The second-order valence-electron chi connectivity index (χ2n) is 9.76. The van der Waals surface area contributed by atoms with Crippen molar-refractivity contribution < 1.29 is 10.2 Å². The quantitative estimate of drug-likeness (QED) is 0.733. The van der Waals surface area contributed by atoms with Crippen molar-refractivity contribution in [2.24, 2.45) is 35.0 Å². The molecule has 0 aromatic rings. The lowest BCUT2D eigenvalue weighted by Crippen LogP contribution is -2.47. The van der Waals surface area contributed by atoms with Crippen molar-refractivity contribution in [3.8, 4) is 0 Å². The molecule has 7 atom stereocenters. The number of hydrogen-bond acceptors (Lipinski definition) is 2. The van der Waals surface area contributed by atoms with Crippen LogP contribution >= 0.6 is 0 Å². The van der Waals surface area contributed by atoms with Gasteiger partial charge >= 0.3 is 0 Å². The molecule has 0 amide bonds. The molecule has 3 saturated carbocycles. The summed E-state index contributed by atoms with van der Waals surface area (Å²) in [6, 6.07) is 0. The zero-order chi connectivity index (χ0) is 17.1. The molecule has 3 fully saturated rings. The van der Waals surface area contributed by atoms with Crippen molar-refractivity contribution in [3.63, 3.8) is 0 Å². The maximum atomic E-state index is 10.4. The van der Waals surface area contributed by atoms with Crippen molar-refractivity contribution >= 4 is 0 Å². The van der Waals surface area contributed by atoms with E-state index in [1.165, 1.54) is 38.5 Å². The van der Waals surface area contributed by atoms with E-state index >= 15 is 0 Å². The molecular formula is C22H34O2. The molecule has 0 radical (unpaired) electrons. The number of allylic oxidation sites excluding steroid dienone is 1. The molecule has 24 heavy (non-hydrogen) atoms. The lowest BCUT2D eigenvalue weighted by molar-refractivity contribution is -0.0296. The first kappa shape index (κ1) is 16.8. The summed E-state index contributed by atoms with van der Waals surface area (Å²) in [7, 11) is 0. The standard InChI is InChI=1S/C22H34O2/c1-14(13-23)19-6-7-20-18-5-4-15-12-21(2,24)10-8-16(15)17(18)9-11-22(19,20)3/h4,16-20,23-24H,1,5-13H2,2-3H3/t16-,17+,18+,19+,20-,21-,22+/m0/s1. The molecule has 134 valence electrons. The van der Waals surface area contributed by atoms with Gasteiger partial charge in [0.25, 0.3) is 0 Å². The monoisotopic (exact) mass is 330 g/mol. The average Bonchev–Trinajstić information content (AvgIpc) is 2.90. The Bertz CT molecular complexity index is 560. The highest BCUT2D eigenvalue weighted by molar-refractivity contribution is 5.23.